The van der Waals surface area contributed by atoms with E-state index in [0.717, 1.165) is 43.7 Å². The van der Waals surface area contributed by atoms with E-state index in [1.165, 1.54) is 65.8 Å². The van der Waals surface area contributed by atoms with Gasteiger partial charge in [0.2, 0.25) is 11.8 Å². The Morgan fingerprint density at radius 1 is 0.844 bits per heavy atom. The molecule has 0 bridgehead atoms. The van der Waals surface area contributed by atoms with Crippen LogP contribution in [0.15, 0.2) is 66.7 Å². The number of thiazole rings is 2. The molecule has 0 aliphatic carbocycles. The van der Waals surface area contributed by atoms with Crippen LogP contribution in [0.3, 0.4) is 0 Å². The van der Waals surface area contributed by atoms with Crippen LogP contribution < -0.4 is 31.3 Å². The summed E-state index contributed by atoms with van der Waals surface area (Å²) in [6.07, 6.45) is -7.69. The maximum absolute atomic E-state index is 15.4. The average Bonchev–Trinajstić information content (AvgIpc) is 1.02. The Hall–Kier alpha value is -9.37. The number of nitrogens with two attached hydrogens (primary N) is 1. The molecule has 1 saturated heterocycles. The molecule has 3 amide bonds. The summed E-state index contributed by atoms with van der Waals surface area (Å²) >= 11 is 2.67. The predicted molar refractivity (Wildman–Crippen MR) is 328 cm³/mol. The zero-order valence-corrected chi connectivity index (χ0v) is 52.6. The van der Waals surface area contributed by atoms with E-state index in [0.29, 0.717) is 44.3 Å². The molecule has 478 valence electrons. The molecule has 2 unspecified atom stereocenters. The van der Waals surface area contributed by atoms with Crippen LogP contribution in [0.25, 0.3) is 10.2 Å². The Morgan fingerprint density at radius 3 is 2.22 bits per heavy atom. The molecule has 6 aromatic rings. The third-order valence-electron chi connectivity index (χ3n) is 13.9. The van der Waals surface area contributed by atoms with E-state index in [1.807, 2.05) is 31.2 Å². The van der Waals surface area contributed by atoms with Crippen molar-refractivity contribution in [3.63, 3.8) is 0 Å². The zero-order valence-electron chi connectivity index (χ0n) is 50.9. The predicted octanol–water partition coefficient (Wildman–Crippen LogP) is 6.93. The third kappa shape index (κ3) is 18.1. The number of anilines is 5. The van der Waals surface area contributed by atoms with Gasteiger partial charge in [-0.3, -0.25) is 24.0 Å². The number of carboxylic acids is 1. The summed E-state index contributed by atoms with van der Waals surface area (Å²) in [5.41, 5.74) is 8.91. The summed E-state index contributed by atoms with van der Waals surface area (Å²) in [6, 6.07) is 16.5. The van der Waals surface area contributed by atoms with Gasteiger partial charge in [-0.25, -0.2) is 28.7 Å². The number of methoxy groups -OCH3 is 1. The van der Waals surface area contributed by atoms with Gasteiger partial charge in [0.15, 0.2) is 63.6 Å². The number of carbonyl (C=O) groups excluding carboxylic acids is 7. The van der Waals surface area contributed by atoms with E-state index >= 15 is 4.39 Å². The van der Waals surface area contributed by atoms with Crippen molar-refractivity contribution in [3.8, 4) is 17.6 Å². The molecule has 7 rings (SSSR count). The first kappa shape index (κ1) is 68.1. The summed E-state index contributed by atoms with van der Waals surface area (Å²) < 4.78 is 55.4. The van der Waals surface area contributed by atoms with Crippen LogP contribution in [0.2, 0.25) is 0 Å². The number of rotatable bonds is 25. The largest absolute Gasteiger partial charge is 0.491 e. The summed E-state index contributed by atoms with van der Waals surface area (Å²) in [7, 11) is 4.21. The number of aromatic carboxylic acids is 1. The number of fused-ring (bicyclic) bond motifs is 1. The van der Waals surface area contributed by atoms with Crippen molar-refractivity contribution in [1.82, 2.24) is 30.4 Å². The number of carbonyl (C=O) groups is 8. The highest BCUT2D eigenvalue weighted by atomic mass is 32.1. The van der Waals surface area contributed by atoms with Crippen molar-refractivity contribution in [2.75, 3.05) is 49.9 Å². The Morgan fingerprint density at radius 2 is 1.56 bits per heavy atom. The number of aromatic nitrogens is 4. The first-order valence-electron chi connectivity index (χ1n) is 28.3. The highest BCUT2D eigenvalue weighted by molar-refractivity contribution is 7.22. The molecule has 7 atom stereocenters. The number of nitrogens with zero attached hydrogens (tertiary/aromatic N) is 6. The zero-order chi connectivity index (χ0) is 65.5. The molecule has 3 aromatic heterocycles. The van der Waals surface area contributed by atoms with Crippen LogP contribution in [-0.2, 0) is 76.6 Å². The molecule has 0 spiro atoms. The molecule has 1 aliphatic heterocycles. The molecule has 0 saturated carbocycles. The summed E-state index contributed by atoms with van der Waals surface area (Å²) in [6.45, 7) is 9.66. The normalized spacial score (nSPS) is 16.7. The quantitative estimate of drug-likeness (QED) is 0.0168. The molecule has 1 aliphatic rings. The number of carboxylic acid groups (broad SMARTS) is 1. The van der Waals surface area contributed by atoms with Crippen molar-refractivity contribution in [2.24, 2.45) is 11.7 Å². The van der Waals surface area contributed by atoms with E-state index in [1.54, 1.807) is 44.0 Å². The lowest BCUT2D eigenvalue weighted by atomic mass is 9.90. The van der Waals surface area contributed by atoms with Gasteiger partial charge in [0.05, 0.1) is 42.6 Å². The fourth-order valence-electron chi connectivity index (χ4n) is 9.12. The second-order valence-electron chi connectivity index (χ2n) is 21.1. The van der Waals surface area contributed by atoms with Crippen molar-refractivity contribution in [3.05, 3.63) is 105 Å². The molecule has 29 heteroatoms. The summed E-state index contributed by atoms with van der Waals surface area (Å²) in [5.74, 6) is -0.211. The topological polar surface area (TPSA) is 342 Å². The number of esters is 4. The van der Waals surface area contributed by atoms with Crippen LogP contribution in [0, 0.1) is 30.5 Å². The molecule has 3 aromatic carbocycles. The fraction of sp³-hybridized carbons (Fsp3) is 0.410. The first-order valence-corrected chi connectivity index (χ1v) is 29.9. The molecule has 1 fully saturated rings. The van der Waals surface area contributed by atoms with Crippen LogP contribution >= 0.6 is 22.7 Å². The van der Waals surface area contributed by atoms with Gasteiger partial charge in [-0.05, 0) is 111 Å². The fourth-order valence-corrected chi connectivity index (χ4v) is 11.1. The molecular weight excluding hydrogens is 1210 g/mol. The third-order valence-corrected chi connectivity index (χ3v) is 16.0. The average molecular weight is 1280 g/mol. The summed E-state index contributed by atoms with van der Waals surface area (Å²) in [4.78, 5) is 114. The van der Waals surface area contributed by atoms with Crippen molar-refractivity contribution < 1.29 is 81.0 Å². The Kier molecular flexibility index (Phi) is 23.6. The van der Waals surface area contributed by atoms with E-state index in [4.69, 9.17) is 38.9 Å². The van der Waals surface area contributed by atoms with Crippen LogP contribution in [0.1, 0.15) is 92.0 Å². The number of nitrogens with one attached hydrogen (secondary N) is 3. The molecule has 0 radical (unpaired) electrons. The lowest BCUT2D eigenvalue weighted by Crippen LogP contribution is -2.63. The van der Waals surface area contributed by atoms with Crippen molar-refractivity contribution >= 4 is 108 Å². The lowest BCUT2D eigenvalue weighted by molar-refractivity contribution is -0.249. The molecule has 26 nitrogen and oxygen atoms in total. The van der Waals surface area contributed by atoms with Gasteiger partial charge in [-0.2, -0.15) is 0 Å². The second kappa shape index (κ2) is 31.2. The number of hydrogen-bond acceptors (Lipinski definition) is 24. The van der Waals surface area contributed by atoms with Gasteiger partial charge in [0.25, 0.3) is 0 Å². The van der Waals surface area contributed by atoms with Gasteiger partial charge in [0.1, 0.15) is 12.6 Å². The van der Waals surface area contributed by atoms with Crippen molar-refractivity contribution in [2.45, 2.75) is 123 Å². The Bertz CT molecular complexity index is 3670. The van der Waals surface area contributed by atoms with E-state index in [-0.39, 0.29) is 67.6 Å². The van der Waals surface area contributed by atoms with Crippen molar-refractivity contribution in [1.29, 1.82) is 0 Å². The first-order chi connectivity index (χ1) is 42.8. The minimum absolute atomic E-state index is 0.00867. The maximum Gasteiger partial charge on any atom is 0.410 e. The van der Waals surface area contributed by atoms with Gasteiger partial charge < -0.3 is 69.7 Å². The minimum atomic E-state index is -1.64. The standard InChI is InChI=1S/C61H69FN10O16S2/c1-31(2)48(63)56(77)64-33(4)55(76)65-40-22-20-39(38(29-40)21-24-44-50(85-34(5)73)51(86-35(6)74)52(87-36(7)75)53(88-44)58(80)82-10)30-84-61(81)71(8)25-13-15-37-19-23-43(41(62)28-37)83-26-14-18-46-49(57(78)79)67-60(90-46)72(9)47-27-32(3)54(70-69-47)68-59-66-42-16-11-12-17-45(42)89-59/h11-12,16-17,19-20,22-23,27-29,31,33,44,48,50-53H,14,18,21,24-26,30,63H2,1-10H3,(H,64,77)(H,65,76)(H,78,79)(H,66,68,70)/t33?,44-,48?,50-,51+,52-,53-/m0/s1. The molecule has 6 N–H and O–H groups in total. The molecule has 90 heavy (non-hydrogen) atoms. The van der Waals surface area contributed by atoms with Gasteiger partial charge >= 0.3 is 35.9 Å². The summed E-state index contributed by atoms with van der Waals surface area (Å²) in [5, 5.41) is 28.4. The number of para-hydroxylation sites is 1. The number of aryl methyl sites for hydroxylation is 3. The van der Waals surface area contributed by atoms with E-state index in [2.05, 4.69) is 48.0 Å². The van der Waals surface area contributed by atoms with E-state index in [9.17, 15) is 43.5 Å². The lowest BCUT2D eigenvalue weighted by Gasteiger charge is -2.43. The number of halogens is 1. The molecular formula is C61H69FN10O16S2. The number of ether oxygens (including phenoxy) is 7. The van der Waals surface area contributed by atoms with Crippen LogP contribution in [0.5, 0.6) is 5.75 Å². The number of amides is 3. The SMILES string of the molecule is COC(=O)[C@H]1O[C@@H](CCc2cc(NC(=O)C(C)NC(=O)C(N)C(C)C)ccc2COC(=O)N(C)CC#Cc2ccc(OCCCc3sc(N(C)c4cc(C)c(Nc5nc6ccccc6s5)nn4)nc3C(=O)O)c(F)c2)[C@H](OC(C)=O)[C@@H](OC(C)=O)[C@@H]1OC(C)=O. The van der Waals surface area contributed by atoms with Gasteiger partial charge in [0, 0.05) is 51.0 Å². The number of hydrogen-bond donors (Lipinski definition) is 5. The van der Waals surface area contributed by atoms with Crippen LogP contribution in [-0.4, -0.2) is 155 Å². The highest BCUT2D eigenvalue weighted by Crippen LogP contribution is 2.35. The monoisotopic (exact) mass is 1280 g/mol. The minimum Gasteiger partial charge on any atom is -0.491 e. The van der Waals surface area contributed by atoms with Gasteiger partial charge in [-0.1, -0.05) is 55.2 Å². The second-order valence-corrected chi connectivity index (χ2v) is 23.2. The number of benzene rings is 3. The highest BCUT2D eigenvalue weighted by Gasteiger charge is 2.54. The van der Waals surface area contributed by atoms with Crippen LogP contribution in [0.4, 0.5) is 36.8 Å². The smallest absolute Gasteiger partial charge is 0.410 e. The Balaban J connectivity index is 0.966. The Labute approximate surface area is 525 Å². The molecule has 4 heterocycles. The van der Waals surface area contributed by atoms with E-state index < -0.39 is 96.2 Å². The van der Waals surface area contributed by atoms with Gasteiger partial charge in [-0.15, -0.1) is 21.5 Å². The maximum atomic E-state index is 15.4.